The van der Waals surface area contributed by atoms with Gasteiger partial charge in [0.1, 0.15) is 0 Å². The summed E-state index contributed by atoms with van der Waals surface area (Å²) in [7, 11) is 0. The van der Waals surface area contributed by atoms with E-state index in [0.29, 0.717) is 17.7 Å². The van der Waals surface area contributed by atoms with Crippen molar-refractivity contribution in [2.75, 3.05) is 37.7 Å². The number of benzene rings is 1. The Hall–Kier alpha value is -2.25. The van der Waals surface area contributed by atoms with Crippen LogP contribution < -0.4 is 4.90 Å². The minimum atomic E-state index is -0.343. The molecule has 1 unspecified atom stereocenters. The summed E-state index contributed by atoms with van der Waals surface area (Å²) in [6.07, 6.45) is 2.51. The van der Waals surface area contributed by atoms with Crippen molar-refractivity contribution in [3.8, 4) is 0 Å². The fraction of sp³-hybridized carbons (Fsp3) is 0.550. The summed E-state index contributed by atoms with van der Waals surface area (Å²) in [5, 5.41) is 12.3. The van der Waals surface area contributed by atoms with Crippen molar-refractivity contribution < 1.29 is 9.66 Å². The van der Waals surface area contributed by atoms with Crippen LogP contribution in [0.3, 0.4) is 0 Å². The zero-order chi connectivity index (χ0) is 19.0. The summed E-state index contributed by atoms with van der Waals surface area (Å²) >= 11 is 0. The first-order valence-corrected chi connectivity index (χ1v) is 9.68. The normalized spacial score (nSPS) is 22.3. The van der Waals surface area contributed by atoms with Gasteiger partial charge >= 0.3 is 0 Å². The van der Waals surface area contributed by atoms with E-state index in [1.807, 2.05) is 13.0 Å². The van der Waals surface area contributed by atoms with Crippen LogP contribution in [0, 0.1) is 17.0 Å². The summed E-state index contributed by atoms with van der Waals surface area (Å²) in [5.41, 5.74) is 2.45. The first-order chi connectivity index (χ1) is 13.0. The minimum absolute atomic E-state index is 0.0784. The molecule has 1 atom stereocenters. The molecule has 27 heavy (non-hydrogen) atoms. The van der Waals surface area contributed by atoms with Crippen molar-refractivity contribution in [3.05, 3.63) is 40.1 Å². The molecule has 7 heteroatoms. The molecule has 144 valence electrons. The monoisotopic (exact) mass is 370 g/mol. The van der Waals surface area contributed by atoms with Gasteiger partial charge in [-0.2, -0.15) is 0 Å². The lowest BCUT2D eigenvalue weighted by atomic mass is 10.0. The van der Waals surface area contributed by atoms with Crippen molar-refractivity contribution in [2.24, 2.45) is 0 Å². The third-order valence-electron chi connectivity index (χ3n) is 5.72. The molecular formula is C20H26N4O3. The van der Waals surface area contributed by atoms with Crippen LogP contribution in [0.5, 0.6) is 0 Å². The van der Waals surface area contributed by atoms with Crippen LogP contribution in [-0.4, -0.2) is 59.7 Å². The number of ether oxygens (including phenoxy) is 1. The number of nitro groups is 1. The summed E-state index contributed by atoms with van der Waals surface area (Å²) < 4.78 is 5.67. The highest BCUT2D eigenvalue weighted by Gasteiger charge is 2.29. The molecule has 1 aromatic carbocycles. The number of aryl methyl sites for hydroxylation is 1. The van der Waals surface area contributed by atoms with Crippen molar-refractivity contribution in [1.29, 1.82) is 0 Å². The number of piperidine rings is 1. The molecule has 2 fully saturated rings. The lowest BCUT2D eigenvalue weighted by Crippen LogP contribution is -2.51. The third-order valence-corrected chi connectivity index (χ3v) is 5.72. The first-order valence-electron chi connectivity index (χ1n) is 9.68. The zero-order valence-corrected chi connectivity index (χ0v) is 15.9. The topological polar surface area (TPSA) is 71.7 Å². The number of morpholine rings is 1. The molecule has 0 amide bonds. The van der Waals surface area contributed by atoms with Crippen LogP contribution in [0.15, 0.2) is 24.3 Å². The van der Waals surface area contributed by atoms with E-state index in [4.69, 9.17) is 4.74 Å². The molecule has 2 saturated heterocycles. The van der Waals surface area contributed by atoms with Crippen molar-refractivity contribution in [2.45, 2.75) is 38.8 Å². The van der Waals surface area contributed by atoms with E-state index >= 15 is 0 Å². The highest BCUT2D eigenvalue weighted by atomic mass is 16.6. The van der Waals surface area contributed by atoms with Gasteiger partial charge in [-0.3, -0.25) is 15.0 Å². The Morgan fingerprint density at radius 3 is 2.74 bits per heavy atom. The van der Waals surface area contributed by atoms with E-state index < -0.39 is 0 Å². The van der Waals surface area contributed by atoms with E-state index in [0.717, 1.165) is 62.4 Å². The number of nitrogens with zero attached hydrogens (tertiary/aromatic N) is 4. The number of hydrogen-bond acceptors (Lipinski definition) is 6. The van der Waals surface area contributed by atoms with Crippen LogP contribution in [0.4, 0.5) is 11.4 Å². The number of fused-ring (bicyclic) bond motifs is 1. The molecule has 3 heterocycles. The largest absolute Gasteiger partial charge is 0.376 e. The Morgan fingerprint density at radius 1 is 1.26 bits per heavy atom. The van der Waals surface area contributed by atoms with Crippen molar-refractivity contribution in [1.82, 2.24) is 9.88 Å². The van der Waals surface area contributed by atoms with Crippen LogP contribution in [0.1, 0.15) is 25.5 Å². The van der Waals surface area contributed by atoms with Crippen molar-refractivity contribution in [3.63, 3.8) is 0 Å². The lowest BCUT2D eigenvalue weighted by molar-refractivity contribution is -0.383. The van der Waals surface area contributed by atoms with E-state index in [2.05, 4.69) is 27.8 Å². The van der Waals surface area contributed by atoms with Gasteiger partial charge in [0.05, 0.1) is 17.6 Å². The van der Waals surface area contributed by atoms with E-state index in [1.165, 1.54) is 6.07 Å². The highest BCUT2D eigenvalue weighted by molar-refractivity contribution is 5.97. The van der Waals surface area contributed by atoms with Crippen LogP contribution >= 0.6 is 0 Å². The molecule has 0 bridgehead atoms. The number of rotatable bonds is 3. The highest BCUT2D eigenvalue weighted by Crippen LogP contribution is 2.34. The lowest BCUT2D eigenvalue weighted by Gasteiger charge is -2.42. The Kier molecular flexibility index (Phi) is 4.97. The van der Waals surface area contributed by atoms with Crippen LogP contribution in [-0.2, 0) is 4.74 Å². The fourth-order valence-corrected chi connectivity index (χ4v) is 4.40. The Labute approximate surface area is 159 Å². The summed E-state index contributed by atoms with van der Waals surface area (Å²) in [6.45, 7) is 8.79. The van der Waals surface area contributed by atoms with Gasteiger partial charge in [-0.25, -0.2) is 4.98 Å². The number of hydrogen-bond donors (Lipinski definition) is 0. The van der Waals surface area contributed by atoms with Gasteiger partial charge in [-0.1, -0.05) is 12.1 Å². The number of nitro benzene ring substituents is 1. The predicted octanol–water partition coefficient (Wildman–Crippen LogP) is 3.14. The number of anilines is 1. The minimum Gasteiger partial charge on any atom is -0.376 e. The van der Waals surface area contributed by atoms with Gasteiger partial charge in [0.15, 0.2) is 5.52 Å². The number of pyridine rings is 1. The second-order valence-corrected chi connectivity index (χ2v) is 7.61. The molecule has 0 radical (unpaired) electrons. The molecular weight excluding hydrogens is 344 g/mol. The van der Waals surface area contributed by atoms with Gasteiger partial charge in [0.2, 0.25) is 0 Å². The van der Waals surface area contributed by atoms with E-state index in [1.54, 1.807) is 6.07 Å². The number of non-ortho nitro benzene ring substituents is 1. The summed E-state index contributed by atoms with van der Waals surface area (Å²) in [4.78, 5) is 20.4. The first kappa shape index (κ1) is 18.1. The quantitative estimate of drug-likeness (QED) is 0.611. The second kappa shape index (κ2) is 7.40. The Bertz CT molecular complexity index is 848. The van der Waals surface area contributed by atoms with E-state index in [-0.39, 0.29) is 10.6 Å². The summed E-state index contributed by atoms with van der Waals surface area (Å²) in [5.74, 6) is 0. The Balaban J connectivity index is 1.57. The fourth-order valence-electron chi connectivity index (χ4n) is 4.40. The average molecular weight is 370 g/mol. The second-order valence-electron chi connectivity index (χ2n) is 7.61. The standard InChI is InChI=1S/C20H26N4O3/c1-14-12-19(17-4-3-5-18(24(25)26)20(17)21-14)22-8-6-16(7-9-22)23-10-11-27-15(2)13-23/h3-5,12,15-16H,6-11,13H2,1-2H3. The molecule has 0 spiro atoms. The molecule has 2 aromatic rings. The molecule has 7 nitrogen and oxygen atoms in total. The maximum Gasteiger partial charge on any atom is 0.295 e. The summed E-state index contributed by atoms with van der Waals surface area (Å²) in [6, 6.07) is 7.88. The van der Waals surface area contributed by atoms with Gasteiger partial charge in [0.25, 0.3) is 5.69 Å². The zero-order valence-electron chi connectivity index (χ0n) is 15.9. The molecule has 1 aromatic heterocycles. The van der Waals surface area contributed by atoms with Crippen molar-refractivity contribution >= 4 is 22.3 Å². The SMILES string of the molecule is Cc1cc(N2CCC(N3CCOC(C)C3)CC2)c2cccc([N+](=O)[O-])c2n1. The molecule has 0 N–H and O–H groups in total. The van der Waals surface area contributed by atoms with Gasteiger partial charge in [-0.15, -0.1) is 0 Å². The van der Waals surface area contributed by atoms with E-state index in [9.17, 15) is 10.1 Å². The molecule has 4 rings (SSSR count). The maximum atomic E-state index is 11.4. The molecule has 2 aliphatic heterocycles. The number of para-hydroxylation sites is 1. The van der Waals surface area contributed by atoms with Gasteiger partial charge in [-0.05, 0) is 32.8 Å². The van der Waals surface area contributed by atoms with Gasteiger partial charge < -0.3 is 9.64 Å². The third kappa shape index (κ3) is 3.61. The molecule has 2 aliphatic rings. The average Bonchev–Trinajstić information content (AvgIpc) is 2.67. The smallest absolute Gasteiger partial charge is 0.295 e. The molecule has 0 saturated carbocycles. The van der Waals surface area contributed by atoms with Crippen LogP contribution in [0.2, 0.25) is 0 Å². The number of aromatic nitrogens is 1. The predicted molar refractivity (Wildman–Crippen MR) is 105 cm³/mol. The Morgan fingerprint density at radius 2 is 2.04 bits per heavy atom. The molecule has 0 aliphatic carbocycles. The maximum absolute atomic E-state index is 11.4. The van der Waals surface area contributed by atoms with Gasteiger partial charge in [0, 0.05) is 55.1 Å². The van der Waals surface area contributed by atoms with Crippen LogP contribution in [0.25, 0.3) is 10.9 Å².